The summed E-state index contributed by atoms with van der Waals surface area (Å²) in [7, 11) is 0. The molecule has 0 saturated carbocycles. The Bertz CT molecular complexity index is 252. The van der Waals surface area contributed by atoms with Crippen LogP contribution in [0.2, 0.25) is 0 Å². The van der Waals surface area contributed by atoms with Gasteiger partial charge in [0.15, 0.2) is 0 Å². The quantitative estimate of drug-likeness (QED) is 0.767. The summed E-state index contributed by atoms with van der Waals surface area (Å²) in [6, 6.07) is 4.52. The molecule has 2 N–H and O–H groups in total. The van der Waals surface area contributed by atoms with Crippen LogP contribution in [0, 0.1) is 0 Å². The van der Waals surface area contributed by atoms with Gasteiger partial charge in [-0.05, 0) is 31.9 Å². The molecule has 3 nitrogen and oxygen atoms in total. The van der Waals surface area contributed by atoms with E-state index in [2.05, 4.69) is 23.3 Å². The van der Waals surface area contributed by atoms with Crippen LogP contribution in [0.5, 0.6) is 0 Å². The third-order valence-corrected chi connectivity index (χ3v) is 2.76. The minimum atomic E-state index is 0.384. The maximum atomic E-state index is 5.55. The van der Waals surface area contributed by atoms with Gasteiger partial charge in [-0.1, -0.05) is 0 Å². The van der Waals surface area contributed by atoms with E-state index in [4.69, 9.17) is 4.74 Å². The number of hydrogen-bond donors (Lipinski definition) is 2. The molecule has 1 aromatic rings. The second-order valence-corrected chi connectivity index (χ2v) is 3.89. The van der Waals surface area contributed by atoms with Gasteiger partial charge in [-0.15, -0.1) is 0 Å². The van der Waals surface area contributed by atoms with Gasteiger partial charge in [0, 0.05) is 31.1 Å². The Morgan fingerprint density at radius 2 is 2.64 bits per heavy atom. The van der Waals surface area contributed by atoms with Crippen molar-refractivity contribution in [2.24, 2.45) is 0 Å². The van der Waals surface area contributed by atoms with Crippen molar-refractivity contribution in [3.05, 3.63) is 24.0 Å². The highest BCUT2D eigenvalue weighted by atomic mass is 16.5. The first-order valence-electron chi connectivity index (χ1n) is 5.34. The molecule has 2 rings (SSSR count). The largest absolute Gasteiger partial charge is 0.377 e. The van der Waals surface area contributed by atoms with Crippen LogP contribution in [0.3, 0.4) is 0 Å². The Kier molecular flexibility index (Phi) is 3.22. The summed E-state index contributed by atoms with van der Waals surface area (Å²) in [6.45, 7) is 4.06. The highest BCUT2D eigenvalue weighted by Crippen LogP contribution is 2.13. The molecule has 2 unspecified atom stereocenters. The Labute approximate surface area is 84.9 Å². The summed E-state index contributed by atoms with van der Waals surface area (Å²) in [4.78, 5) is 3.21. The normalized spacial score (nSPS) is 23.9. The minimum absolute atomic E-state index is 0.384. The lowest BCUT2D eigenvalue weighted by molar-refractivity contribution is 0.108. The van der Waals surface area contributed by atoms with Crippen LogP contribution in [-0.2, 0) is 4.74 Å². The molecule has 0 aromatic carbocycles. The van der Waals surface area contributed by atoms with Crippen molar-refractivity contribution < 1.29 is 4.74 Å². The molecule has 1 aliphatic heterocycles. The molecule has 1 aromatic heterocycles. The summed E-state index contributed by atoms with van der Waals surface area (Å²) in [5.41, 5.74) is 1.24. The molecule has 1 aliphatic rings. The Morgan fingerprint density at radius 1 is 1.71 bits per heavy atom. The fourth-order valence-corrected chi connectivity index (χ4v) is 1.84. The lowest BCUT2D eigenvalue weighted by atomic mass is 10.2. The van der Waals surface area contributed by atoms with Crippen LogP contribution >= 0.6 is 0 Å². The van der Waals surface area contributed by atoms with Gasteiger partial charge in [0.05, 0.1) is 6.10 Å². The fourth-order valence-electron chi connectivity index (χ4n) is 1.84. The number of ether oxygens (including phenoxy) is 1. The predicted molar refractivity (Wildman–Crippen MR) is 56.2 cm³/mol. The summed E-state index contributed by atoms with van der Waals surface area (Å²) >= 11 is 0. The van der Waals surface area contributed by atoms with Crippen molar-refractivity contribution in [2.75, 3.05) is 13.2 Å². The number of aromatic amines is 1. The van der Waals surface area contributed by atoms with Crippen molar-refractivity contribution >= 4 is 0 Å². The molecule has 14 heavy (non-hydrogen) atoms. The second kappa shape index (κ2) is 4.62. The third kappa shape index (κ3) is 2.36. The molecule has 2 heterocycles. The maximum Gasteiger partial charge on any atom is 0.0700 e. The van der Waals surface area contributed by atoms with Crippen molar-refractivity contribution in [1.29, 1.82) is 0 Å². The third-order valence-electron chi connectivity index (χ3n) is 2.76. The molecule has 1 saturated heterocycles. The van der Waals surface area contributed by atoms with E-state index in [-0.39, 0.29) is 0 Å². The highest BCUT2D eigenvalue weighted by Gasteiger charge is 2.16. The second-order valence-electron chi connectivity index (χ2n) is 3.89. The van der Waals surface area contributed by atoms with E-state index in [0.29, 0.717) is 12.1 Å². The molecule has 3 heteroatoms. The Balaban J connectivity index is 1.74. The van der Waals surface area contributed by atoms with Gasteiger partial charge >= 0.3 is 0 Å². The van der Waals surface area contributed by atoms with Gasteiger partial charge in [0.1, 0.15) is 0 Å². The summed E-state index contributed by atoms with van der Waals surface area (Å²) in [6.07, 6.45) is 4.79. The zero-order chi connectivity index (χ0) is 9.80. The van der Waals surface area contributed by atoms with E-state index < -0.39 is 0 Å². The van der Waals surface area contributed by atoms with Gasteiger partial charge in [0.2, 0.25) is 0 Å². The predicted octanol–water partition coefficient (Wildman–Crippen LogP) is 1.84. The monoisotopic (exact) mass is 194 g/mol. The maximum absolute atomic E-state index is 5.55. The zero-order valence-electron chi connectivity index (χ0n) is 8.62. The standard InChI is InChI=1S/C11H18N2O/c1-9(11-5-2-6-12-11)13-8-10-4-3-7-14-10/h2,5-6,9-10,12-13H,3-4,7-8H2,1H3. The van der Waals surface area contributed by atoms with Crippen molar-refractivity contribution in [2.45, 2.75) is 31.9 Å². The number of aromatic nitrogens is 1. The van der Waals surface area contributed by atoms with E-state index >= 15 is 0 Å². The van der Waals surface area contributed by atoms with Crippen LogP contribution in [0.25, 0.3) is 0 Å². The van der Waals surface area contributed by atoms with Crippen molar-refractivity contribution in [3.63, 3.8) is 0 Å². The lowest BCUT2D eigenvalue weighted by Gasteiger charge is -2.15. The SMILES string of the molecule is CC(NCC1CCCO1)c1ccc[nH]1. The number of nitrogens with one attached hydrogen (secondary N) is 2. The van der Waals surface area contributed by atoms with Gasteiger partial charge in [-0.25, -0.2) is 0 Å². The van der Waals surface area contributed by atoms with E-state index in [0.717, 1.165) is 13.2 Å². The van der Waals surface area contributed by atoms with E-state index in [9.17, 15) is 0 Å². The zero-order valence-corrected chi connectivity index (χ0v) is 8.62. The minimum Gasteiger partial charge on any atom is -0.377 e. The van der Waals surface area contributed by atoms with E-state index in [1.54, 1.807) is 0 Å². The average molecular weight is 194 g/mol. The van der Waals surface area contributed by atoms with Crippen LogP contribution in [0.4, 0.5) is 0 Å². The van der Waals surface area contributed by atoms with Crippen molar-refractivity contribution in [3.8, 4) is 0 Å². The number of H-pyrrole nitrogens is 1. The van der Waals surface area contributed by atoms with Gasteiger partial charge < -0.3 is 15.0 Å². The van der Waals surface area contributed by atoms with Crippen molar-refractivity contribution in [1.82, 2.24) is 10.3 Å². The molecule has 0 aliphatic carbocycles. The molecular formula is C11H18N2O. The molecular weight excluding hydrogens is 176 g/mol. The van der Waals surface area contributed by atoms with Crippen LogP contribution in [0.1, 0.15) is 31.5 Å². The highest BCUT2D eigenvalue weighted by molar-refractivity contribution is 5.07. The molecule has 2 atom stereocenters. The van der Waals surface area contributed by atoms with Crippen LogP contribution < -0.4 is 5.32 Å². The molecule has 0 radical (unpaired) electrons. The van der Waals surface area contributed by atoms with Gasteiger partial charge in [-0.3, -0.25) is 0 Å². The van der Waals surface area contributed by atoms with E-state index in [1.165, 1.54) is 18.5 Å². The van der Waals surface area contributed by atoms with Crippen LogP contribution in [-0.4, -0.2) is 24.2 Å². The van der Waals surface area contributed by atoms with Crippen LogP contribution in [0.15, 0.2) is 18.3 Å². The molecule has 1 fully saturated rings. The Morgan fingerprint density at radius 3 is 3.29 bits per heavy atom. The topological polar surface area (TPSA) is 37.0 Å². The first kappa shape index (κ1) is 9.74. The molecule has 78 valence electrons. The number of rotatable bonds is 4. The summed E-state index contributed by atoms with van der Waals surface area (Å²) in [5, 5.41) is 3.47. The molecule has 0 spiro atoms. The summed E-state index contributed by atoms with van der Waals surface area (Å²) in [5.74, 6) is 0. The lowest BCUT2D eigenvalue weighted by Crippen LogP contribution is -2.28. The first-order valence-corrected chi connectivity index (χ1v) is 5.34. The van der Waals surface area contributed by atoms with Gasteiger partial charge in [0.25, 0.3) is 0 Å². The Hall–Kier alpha value is -0.800. The summed E-state index contributed by atoms with van der Waals surface area (Å²) < 4.78 is 5.55. The molecule has 0 amide bonds. The molecule has 0 bridgehead atoms. The van der Waals surface area contributed by atoms with E-state index in [1.807, 2.05) is 12.3 Å². The average Bonchev–Trinajstić information content (AvgIpc) is 2.87. The number of hydrogen-bond acceptors (Lipinski definition) is 2. The smallest absolute Gasteiger partial charge is 0.0700 e. The van der Waals surface area contributed by atoms with Gasteiger partial charge in [-0.2, -0.15) is 0 Å². The fraction of sp³-hybridized carbons (Fsp3) is 0.636. The first-order chi connectivity index (χ1) is 6.86.